The number of imidazole rings is 1. The number of benzene rings is 1. The third-order valence-electron chi connectivity index (χ3n) is 3.77. The number of morpholine rings is 1. The smallest absolute Gasteiger partial charge is 0.259 e. The molecule has 1 aromatic carbocycles. The number of aliphatic hydroxyl groups is 1. The van der Waals surface area contributed by atoms with Crippen molar-refractivity contribution in [1.29, 1.82) is 0 Å². The van der Waals surface area contributed by atoms with Gasteiger partial charge >= 0.3 is 0 Å². The zero-order valence-corrected chi connectivity index (χ0v) is 13.0. The number of H-pyrrole nitrogens is 1. The number of nitrogens with zero attached hydrogens (tertiary/aromatic N) is 2. The van der Waals surface area contributed by atoms with E-state index in [1.165, 1.54) is 0 Å². The molecule has 0 spiro atoms. The molecule has 1 fully saturated rings. The molecule has 24 heavy (non-hydrogen) atoms. The second-order valence-electron chi connectivity index (χ2n) is 5.42. The van der Waals surface area contributed by atoms with Crippen LogP contribution < -0.4 is 10.7 Å². The van der Waals surface area contributed by atoms with E-state index >= 15 is 0 Å². The topological polar surface area (TPSA) is 120 Å². The Morgan fingerprint density at radius 2 is 2.17 bits per heavy atom. The Balaban J connectivity index is 1.62. The number of nitrogens with one attached hydrogen (secondary N) is 3. The van der Waals surface area contributed by atoms with Gasteiger partial charge in [0.25, 0.3) is 11.8 Å². The van der Waals surface area contributed by atoms with Crippen LogP contribution in [0.4, 0.5) is 0 Å². The summed E-state index contributed by atoms with van der Waals surface area (Å²) in [6.07, 6.45) is 1.54. The standard InChI is InChI=1S/C15H19N5O4/c21-8-13(15(23)19-20-3-5-24-6-4-20)18-14(22)10-1-2-11-12(7-10)17-9-16-11/h1-2,7,9,13,21H,3-6,8H2,(H,16,17)(H,18,22)(H,19,23)/t13-/m0/s1. The minimum Gasteiger partial charge on any atom is -0.394 e. The molecule has 3 rings (SSSR count). The van der Waals surface area contributed by atoms with Crippen LogP contribution in [0.1, 0.15) is 10.4 Å². The molecule has 1 aromatic heterocycles. The van der Waals surface area contributed by atoms with Gasteiger partial charge in [0.15, 0.2) is 0 Å². The summed E-state index contributed by atoms with van der Waals surface area (Å²) in [7, 11) is 0. The number of rotatable bonds is 5. The van der Waals surface area contributed by atoms with Gasteiger partial charge in [-0.15, -0.1) is 0 Å². The van der Waals surface area contributed by atoms with Gasteiger partial charge in [0.2, 0.25) is 0 Å². The van der Waals surface area contributed by atoms with Crippen molar-refractivity contribution in [3.05, 3.63) is 30.1 Å². The molecule has 128 valence electrons. The van der Waals surface area contributed by atoms with E-state index < -0.39 is 24.5 Å². The predicted molar refractivity (Wildman–Crippen MR) is 85.0 cm³/mol. The number of hydrazine groups is 1. The van der Waals surface area contributed by atoms with Crippen molar-refractivity contribution >= 4 is 22.8 Å². The van der Waals surface area contributed by atoms with Crippen LogP contribution in [0.3, 0.4) is 0 Å². The molecule has 2 aromatic rings. The summed E-state index contributed by atoms with van der Waals surface area (Å²) in [5.74, 6) is -0.905. The van der Waals surface area contributed by atoms with Crippen LogP contribution in [0.2, 0.25) is 0 Å². The van der Waals surface area contributed by atoms with E-state index in [9.17, 15) is 14.7 Å². The lowest BCUT2D eigenvalue weighted by atomic mass is 10.1. The van der Waals surface area contributed by atoms with Crippen molar-refractivity contribution < 1.29 is 19.4 Å². The van der Waals surface area contributed by atoms with Gasteiger partial charge in [0.05, 0.1) is 37.2 Å². The summed E-state index contributed by atoms with van der Waals surface area (Å²) in [4.78, 5) is 31.5. The number of ether oxygens (including phenoxy) is 1. The predicted octanol–water partition coefficient (Wildman–Crippen LogP) is -0.983. The van der Waals surface area contributed by atoms with Crippen molar-refractivity contribution in [2.75, 3.05) is 32.9 Å². The number of aliphatic hydroxyl groups excluding tert-OH is 1. The van der Waals surface area contributed by atoms with E-state index in [-0.39, 0.29) is 0 Å². The van der Waals surface area contributed by atoms with Crippen molar-refractivity contribution in [2.45, 2.75) is 6.04 Å². The molecule has 1 atom stereocenters. The quantitative estimate of drug-likeness (QED) is 0.558. The van der Waals surface area contributed by atoms with Crippen LogP contribution in [0.25, 0.3) is 11.0 Å². The van der Waals surface area contributed by atoms with Crippen LogP contribution in [0.15, 0.2) is 24.5 Å². The molecule has 0 bridgehead atoms. The average molecular weight is 333 g/mol. The summed E-state index contributed by atoms with van der Waals surface area (Å²) >= 11 is 0. The van der Waals surface area contributed by atoms with Gasteiger partial charge in [0.1, 0.15) is 6.04 Å². The van der Waals surface area contributed by atoms with Crippen molar-refractivity contribution in [3.63, 3.8) is 0 Å². The number of carbonyl (C=O) groups excluding carboxylic acids is 2. The molecule has 4 N–H and O–H groups in total. The van der Waals surface area contributed by atoms with Gasteiger partial charge in [-0.3, -0.25) is 15.0 Å². The fourth-order valence-corrected chi connectivity index (χ4v) is 2.42. The van der Waals surface area contributed by atoms with E-state index in [1.807, 2.05) is 0 Å². The maximum absolute atomic E-state index is 12.3. The molecule has 9 nitrogen and oxygen atoms in total. The van der Waals surface area contributed by atoms with Gasteiger partial charge < -0.3 is 20.1 Å². The zero-order chi connectivity index (χ0) is 16.9. The first kappa shape index (κ1) is 16.4. The van der Waals surface area contributed by atoms with Crippen molar-refractivity contribution in [1.82, 2.24) is 25.7 Å². The average Bonchev–Trinajstić information content (AvgIpc) is 3.07. The summed E-state index contributed by atoms with van der Waals surface area (Å²) in [6, 6.07) is 3.94. The number of aromatic amines is 1. The summed E-state index contributed by atoms with van der Waals surface area (Å²) in [5.41, 5.74) is 4.52. The third-order valence-corrected chi connectivity index (χ3v) is 3.77. The molecule has 0 radical (unpaired) electrons. The summed E-state index contributed by atoms with van der Waals surface area (Å²) in [6.45, 7) is 1.69. The number of carbonyl (C=O) groups is 2. The van der Waals surface area contributed by atoms with Gasteiger partial charge in [-0.2, -0.15) is 0 Å². The number of hydrogen-bond donors (Lipinski definition) is 4. The highest BCUT2D eigenvalue weighted by Crippen LogP contribution is 2.11. The Labute approximate surface area is 138 Å². The molecule has 0 saturated carbocycles. The Morgan fingerprint density at radius 1 is 1.38 bits per heavy atom. The fraction of sp³-hybridized carbons (Fsp3) is 0.400. The second kappa shape index (κ2) is 7.39. The molecule has 2 heterocycles. The van der Waals surface area contributed by atoms with E-state index in [4.69, 9.17) is 4.74 Å². The van der Waals surface area contributed by atoms with Crippen LogP contribution in [0, 0.1) is 0 Å². The number of hydrogen-bond acceptors (Lipinski definition) is 6. The summed E-state index contributed by atoms with van der Waals surface area (Å²) in [5, 5.41) is 13.7. The molecule has 9 heteroatoms. The number of aromatic nitrogens is 2. The largest absolute Gasteiger partial charge is 0.394 e. The van der Waals surface area contributed by atoms with Crippen LogP contribution in [-0.2, 0) is 9.53 Å². The molecule has 1 aliphatic rings. The fourth-order valence-electron chi connectivity index (χ4n) is 2.42. The Hall–Kier alpha value is -2.49. The van der Waals surface area contributed by atoms with E-state index in [0.29, 0.717) is 31.9 Å². The lowest BCUT2D eigenvalue weighted by molar-refractivity contribution is -0.130. The van der Waals surface area contributed by atoms with Gasteiger partial charge in [-0.05, 0) is 18.2 Å². The van der Waals surface area contributed by atoms with Crippen LogP contribution in [-0.4, -0.2) is 70.8 Å². The van der Waals surface area contributed by atoms with E-state index in [1.54, 1.807) is 29.5 Å². The highest BCUT2D eigenvalue weighted by atomic mass is 16.5. The lowest BCUT2D eigenvalue weighted by Gasteiger charge is -2.28. The first-order valence-electron chi connectivity index (χ1n) is 7.65. The van der Waals surface area contributed by atoms with Crippen LogP contribution in [0.5, 0.6) is 0 Å². The molecule has 2 amide bonds. The monoisotopic (exact) mass is 333 g/mol. The van der Waals surface area contributed by atoms with Gasteiger partial charge in [0, 0.05) is 18.7 Å². The zero-order valence-electron chi connectivity index (χ0n) is 13.0. The molecular weight excluding hydrogens is 314 g/mol. The lowest BCUT2D eigenvalue weighted by Crippen LogP contribution is -2.56. The molecule has 0 aliphatic carbocycles. The Bertz CT molecular complexity index is 725. The second-order valence-corrected chi connectivity index (χ2v) is 5.42. The highest BCUT2D eigenvalue weighted by Gasteiger charge is 2.23. The molecule has 1 aliphatic heterocycles. The normalized spacial score (nSPS) is 16.7. The minimum absolute atomic E-state index is 0.379. The number of amides is 2. The third kappa shape index (κ3) is 3.70. The number of fused-ring (bicyclic) bond motifs is 1. The van der Waals surface area contributed by atoms with Crippen molar-refractivity contribution in [2.24, 2.45) is 0 Å². The highest BCUT2D eigenvalue weighted by molar-refractivity contribution is 5.99. The van der Waals surface area contributed by atoms with Crippen LogP contribution >= 0.6 is 0 Å². The maximum atomic E-state index is 12.3. The molecule has 1 saturated heterocycles. The van der Waals surface area contributed by atoms with E-state index in [0.717, 1.165) is 11.0 Å². The van der Waals surface area contributed by atoms with Gasteiger partial charge in [-0.1, -0.05) is 0 Å². The maximum Gasteiger partial charge on any atom is 0.259 e. The minimum atomic E-state index is -1.03. The Morgan fingerprint density at radius 3 is 2.92 bits per heavy atom. The summed E-state index contributed by atoms with van der Waals surface area (Å²) < 4.78 is 5.20. The molecule has 0 unspecified atom stereocenters. The van der Waals surface area contributed by atoms with Gasteiger partial charge in [-0.25, -0.2) is 9.99 Å². The first-order chi connectivity index (χ1) is 11.7. The molecular formula is C15H19N5O4. The first-order valence-corrected chi connectivity index (χ1v) is 7.65. The van der Waals surface area contributed by atoms with E-state index in [2.05, 4.69) is 20.7 Å². The Kier molecular flexibility index (Phi) is 5.04. The van der Waals surface area contributed by atoms with Crippen molar-refractivity contribution in [3.8, 4) is 0 Å². The SMILES string of the molecule is O=C(N[C@@H](CO)C(=O)NN1CCOCC1)c1ccc2nc[nH]c2c1.